The number of nitrogens with zero attached hydrogens (tertiary/aromatic N) is 1. The van der Waals surface area contributed by atoms with Crippen LogP contribution in [0.25, 0.3) is 22.2 Å². The van der Waals surface area contributed by atoms with Crippen molar-refractivity contribution in [3.8, 4) is 17.0 Å². The Hall–Kier alpha value is -2.77. The molecule has 0 fully saturated rings. The lowest BCUT2D eigenvalue weighted by Crippen LogP contribution is -2.22. The molecule has 0 spiro atoms. The molecular weight excluding hydrogens is 370 g/mol. The Morgan fingerprint density at radius 2 is 2.04 bits per heavy atom. The number of aromatic amines is 1. The highest BCUT2D eigenvalue weighted by Crippen LogP contribution is 2.39. The van der Waals surface area contributed by atoms with E-state index < -0.39 is 22.8 Å². The van der Waals surface area contributed by atoms with Crippen LogP contribution in [0.2, 0.25) is 0 Å². The number of aromatic carboxylic acids is 1. The third kappa shape index (κ3) is 2.79. The number of benzene rings is 1. The van der Waals surface area contributed by atoms with Gasteiger partial charge in [-0.15, -0.1) is 12.4 Å². The minimum absolute atomic E-state index is 0. The predicted octanol–water partition coefficient (Wildman–Crippen LogP) is 2.18. The Bertz CT molecular complexity index is 1130. The molecule has 0 radical (unpaired) electrons. The van der Waals surface area contributed by atoms with Gasteiger partial charge in [0.05, 0.1) is 5.69 Å². The number of fused-ring (bicyclic) bond motifs is 4. The number of pyridine rings is 1. The third-order valence-electron chi connectivity index (χ3n) is 5.14. The van der Waals surface area contributed by atoms with E-state index in [1.165, 1.54) is 0 Å². The second kappa shape index (κ2) is 6.75. The van der Waals surface area contributed by atoms with Crippen LogP contribution >= 0.6 is 12.4 Å². The average Bonchev–Trinajstić information content (AvgIpc) is 2.88. The molecular formula is C19H20ClN3O4. The lowest BCUT2D eigenvalue weighted by molar-refractivity contribution is 0.0691. The van der Waals surface area contributed by atoms with E-state index in [9.17, 15) is 19.8 Å². The number of carboxylic acids is 1. The Balaban J connectivity index is 0.00000210. The van der Waals surface area contributed by atoms with Gasteiger partial charge in [0.1, 0.15) is 5.75 Å². The van der Waals surface area contributed by atoms with Crippen molar-refractivity contribution in [2.45, 2.75) is 19.4 Å². The molecule has 142 valence electrons. The highest BCUT2D eigenvalue weighted by molar-refractivity contribution is 5.94. The number of nitrogens with one attached hydrogen (secondary N) is 2. The molecule has 2 aromatic heterocycles. The predicted molar refractivity (Wildman–Crippen MR) is 105 cm³/mol. The zero-order valence-electron chi connectivity index (χ0n) is 14.9. The molecule has 1 aliphatic rings. The van der Waals surface area contributed by atoms with E-state index in [4.69, 9.17) is 0 Å². The Morgan fingerprint density at radius 1 is 1.30 bits per heavy atom. The average molecular weight is 390 g/mol. The summed E-state index contributed by atoms with van der Waals surface area (Å²) in [6.07, 6.45) is 1.15. The van der Waals surface area contributed by atoms with Gasteiger partial charge in [0, 0.05) is 41.3 Å². The van der Waals surface area contributed by atoms with Crippen molar-refractivity contribution in [3.63, 3.8) is 0 Å². The first-order valence-electron chi connectivity index (χ1n) is 8.40. The second-order valence-corrected chi connectivity index (χ2v) is 6.63. The number of aryl methyl sites for hydroxylation is 2. The van der Waals surface area contributed by atoms with Gasteiger partial charge in [-0.2, -0.15) is 0 Å². The van der Waals surface area contributed by atoms with Crippen molar-refractivity contribution >= 4 is 29.3 Å². The van der Waals surface area contributed by atoms with Crippen LogP contribution in [0.5, 0.6) is 5.75 Å². The van der Waals surface area contributed by atoms with Gasteiger partial charge in [0.15, 0.2) is 5.56 Å². The molecule has 0 unspecified atom stereocenters. The highest BCUT2D eigenvalue weighted by Gasteiger charge is 2.27. The summed E-state index contributed by atoms with van der Waals surface area (Å²) in [4.78, 5) is 26.1. The quantitative estimate of drug-likeness (QED) is 0.549. The van der Waals surface area contributed by atoms with Crippen molar-refractivity contribution in [3.05, 3.63) is 50.9 Å². The molecule has 3 aromatic rings. The largest absolute Gasteiger partial charge is 0.506 e. The van der Waals surface area contributed by atoms with E-state index in [-0.39, 0.29) is 12.4 Å². The monoisotopic (exact) mass is 389 g/mol. The molecule has 0 aliphatic heterocycles. The number of rotatable bonds is 3. The molecule has 8 heteroatoms. The summed E-state index contributed by atoms with van der Waals surface area (Å²) >= 11 is 0. The van der Waals surface area contributed by atoms with E-state index in [1.807, 2.05) is 20.2 Å². The topological polar surface area (TPSA) is 107 Å². The first-order valence-corrected chi connectivity index (χ1v) is 8.40. The van der Waals surface area contributed by atoms with Gasteiger partial charge in [-0.25, -0.2) is 4.79 Å². The highest BCUT2D eigenvalue weighted by atomic mass is 35.5. The maximum absolute atomic E-state index is 12.2. The minimum atomic E-state index is -1.42. The fourth-order valence-corrected chi connectivity index (χ4v) is 3.84. The van der Waals surface area contributed by atoms with E-state index in [2.05, 4.69) is 27.0 Å². The van der Waals surface area contributed by atoms with Crippen molar-refractivity contribution < 1.29 is 15.0 Å². The Kier molecular flexibility index (Phi) is 4.75. The van der Waals surface area contributed by atoms with Crippen molar-refractivity contribution in [2.24, 2.45) is 7.05 Å². The van der Waals surface area contributed by atoms with Crippen LogP contribution in [0.15, 0.2) is 23.0 Å². The SMILES string of the molecule is CNCc1cc2cc3c(cc2n1C)CCc1c-3[nH]c(=O)c(C(=O)O)c1O.Cl. The number of carbonyl (C=O) groups is 1. The molecule has 0 bridgehead atoms. The van der Waals surface area contributed by atoms with Crippen LogP contribution in [0.1, 0.15) is 27.2 Å². The summed E-state index contributed by atoms with van der Waals surface area (Å²) < 4.78 is 2.13. The van der Waals surface area contributed by atoms with Gasteiger partial charge >= 0.3 is 5.97 Å². The van der Waals surface area contributed by atoms with E-state index >= 15 is 0 Å². The lowest BCUT2D eigenvalue weighted by atomic mass is 9.87. The fourth-order valence-electron chi connectivity index (χ4n) is 3.84. The second-order valence-electron chi connectivity index (χ2n) is 6.63. The normalized spacial score (nSPS) is 12.4. The molecule has 1 aliphatic carbocycles. The summed E-state index contributed by atoms with van der Waals surface area (Å²) in [6.45, 7) is 0.742. The molecule has 0 atom stereocenters. The fraction of sp³-hybridized carbons (Fsp3) is 0.263. The number of aromatic hydroxyl groups is 1. The van der Waals surface area contributed by atoms with Crippen molar-refractivity contribution in [1.82, 2.24) is 14.9 Å². The molecule has 7 nitrogen and oxygen atoms in total. The molecule has 2 heterocycles. The van der Waals surface area contributed by atoms with Gasteiger partial charge in [0.2, 0.25) is 0 Å². The van der Waals surface area contributed by atoms with Gasteiger partial charge in [-0.1, -0.05) is 0 Å². The maximum atomic E-state index is 12.2. The first kappa shape index (κ1) is 19.0. The smallest absolute Gasteiger partial charge is 0.345 e. The number of aromatic nitrogens is 2. The summed E-state index contributed by atoms with van der Waals surface area (Å²) in [6, 6.07) is 6.19. The van der Waals surface area contributed by atoms with Crippen LogP contribution < -0.4 is 10.9 Å². The summed E-state index contributed by atoms with van der Waals surface area (Å²) in [5, 5.41) is 23.7. The summed E-state index contributed by atoms with van der Waals surface area (Å²) in [5.41, 5.74) is 3.77. The summed E-state index contributed by atoms with van der Waals surface area (Å²) in [5.74, 6) is -1.85. The van der Waals surface area contributed by atoms with Gasteiger partial charge in [-0.3, -0.25) is 4.79 Å². The number of carboxylic acid groups (broad SMARTS) is 1. The van der Waals surface area contributed by atoms with Crippen LogP contribution in [0, 0.1) is 0 Å². The number of halogens is 1. The van der Waals surface area contributed by atoms with Crippen molar-refractivity contribution in [2.75, 3.05) is 7.05 Å². The molecule has 1 aromatic carbocycles. The zero-order valence-corrected chi connectivity index (χ0v) is 15.7. The maximum Gasteiger partial charge on any atom is 0.345 e. The molecule has 0 amide bonds. The van der Waals surface area contributed by atoms with Gasteiger partial charge in [-0.05, 0) is 43.7 Å². The van der Waals surface area contributed by atoms with Crippen LogP contribution in [-0.2, 0) is 26.4 Å². The minimum Gasteiger partial charge on any atom is -0.506 e. The van der Waals surface area contributed by atoms with Crippen LogP contribution in [0.4, 0.5) is 0 Å². The van der Waals surface area contributed by atoms with Crippen LogP contribution in [-0.4, -0.2) is 32.8 Å². The molecule has 4 N–H and O–H groups in total. The molecule has 0 saturated heterocycles. The van der Waals surface area contributed by atoms with Crippen LogP contribution in [0.3, 0.4) is 0 Å². The van der Waals surface area contributed by atoms with E-state index in [1.54, 1.807) is 0 Å². The summed E-state index contributed by atoms with van der Waals surface area (Å²) in [7, 11) is 3.91. The van der Waals surface area contributed by atoms with Gasteiger partial charge in [0.25, 0.3) is 5.56 Å². The number of hydrogen-bond acceptors (Lipinski definition) is 4. The van der Waals surface area contributed by atoms with Crippen molar-refractivity contribution in [1.29, 1.82) is 0 Å². The third-order valence-corrected chi connectivity index (χ3v) is 5.14. The first-order chi connectivity index (χ1) is 12.4. The number of hydrogen-bond donors (Lipinski definition) is 4. The standard InChI is InChI=1S/C19H19N3O4.ClH/c1-20-8-11-5-10-6-13-9(7-14(10)22(11)2)3-4-12-16(13)21-18(24)15(17(12)23)19(25)26;/h5-7,20H,3-4,8H2,1-2H3,(H,25,26)(H2,21,23,24);1H. The number of H-pyrrole nitrogens is 1. The zero-order chi connectivity index (χ0) is 18.6. The molecule has 0 saturated carbocycles. The van der Waals surface area contributed by atoms with E-state index in [0.717, 1.165) is 34.3 Å². The van der Waals surface area contributed by atoms with Gasteiger partial charge < -0.3 is 25.1 Å². The lowest BCUT2D eigenvalue weighted by Gasteiger charge is -2.21. The molecule has 27 heavy (non-hydrogen) atoms. The Labute approximate surface area is 161 Å². The Morgan fingerprint density at radius 3 is 2.70 bits per heavy atom. The molecule has 4 rings (SSSR count). The van der Waals surface area contributed by atoms with E-state index in [0.29, 0.717) is 24.1 Å².